The lowest BCUT2D eigenvalue weighted by molar-refractivity contribution is -0.302. The molecular formula is C11H4BrClF3O3-. The number of carboxylic acid groups (broad SMARTS) is 1. The summed E-state index contributed by atoms with van der Waals surface area (Å²) in [4.78, 5) is 10.8. The van der Waals surface area contributed by atoms with Gasteiger partial charge in [-0.1, -0.05) is 27.5 Å². The summed E-state index contributed by atoms with van der Waals surface area (Å²) in [5, 5.41) is 10.7. The molecule has 0 amide bonds. The number of fused-ring (bicyclic) bond motifs is 1. The molecule has 19 heavy (non-hydrogen) atoms. The first-order valence-corrected chi connectivity index (χ1v) is 6.02. The van der Waals surface area contributed by atoms with Crippen LogP contribution in [0.4, 0.5) is 13.2 Å². The Morgan fingerprint density at radius 3 is 2.58 bits per heavy atom. The first kappa shape index (κ1) is 14.2. The quantitative estimate of drug-likeness (QED) is 0.777. The summed E-state index contributed by atoms with van der Waals surface area (Å²) in [5.41, 5.74) is -0.853. The Morgan fingerprint density at radius 2 is 2.05 bits per heavy atom. The van der Waals surface area contributed by atoms with E-state index >= 15 is 0 Å². The van der Waals surface area contributed by atoms with Gasteiger partial charge in [0.15, 0.2) is 0 Å². The number of ether oxygens (including phenoxy) is 1. The second-order valence-corrected chi connectivity index (χ2v) is 5.06. The lowest BCUT2D eigenvalue weighted by Gasteiger charge is -2.29. The normalized spacial score (nSPS) is 18.4. The molecule has 1 atom stereocenters. The molecule has 0 aromatic heterocycles. The Labute approximate surface area is 118 Å². The number of carboxylic acids is 1. The number of aliphatic carboxylic acids is 1. The van der Waals surface area contributed by atoms with E-state index in [2.05, 4.69) is 20.7 Å². The Balaban J connectivity index is 2.61. The predicted molar refractivity (Wildman–Crippen MR) is 62.6 cm³/mol. The molecule has 0 saturated heterocycles. The summed E-state index contributed by atoms with van der Waals surface area (Å²) in [6.07, 6.45) is -6.62. The predicted octanol–water partition coefficient (Wildman–Crippen LogP) is 2.56. The molecule has 1 heterocycles. The fourth-order valence-corrected chi connectivity index (χ4v) is 2.52. The van der Waals surface area contributed by atoms with Gasteiger partial charge in [0.25, 0.3) is 0 Å². The molecular weight excluding hydrogens is 352 g/mol. The zero-order chi connectivity index (χ0) is 14.4. The number of carbonyl (C=O) groups excluding carboxylic acids is 1. The van der Waals surface area contributed by atoms with Crippen LogP contribution in [0.25, 0.3) is 6.08 Å². The van der Waals surface area contributed by atoms with Crippen molar-refractivity contribution in [3.05, 3.63) is 32.8 Å². The van der Waals surface area contributed by atoms with Gasteiger partial charge < -0.3 is 14.6 Å². The third-order valence-corrected chi connectivity index (χ3v) is 3.14. The minimum Gasteiger partial charge on any atom is -0.545 e. The van der Waals surface area contributed by atoms with Gasteiger partial charge in [-0.2, -0.15) is 13.2 Å². The number of halogens is 5. The van der Waals surface area contributed by atoms with Crippen LogP contribution in [0.2, 0.25) is 5.02 Å². The van der Waals surface area contributed by atoms with E-state index in [1.165, 1.54) is 12.1 Å². The van der Waals surface area contributed by atoms with Crippen LogP contribution in [0.15, 0.2) is 22.2 Å². The van der Waals surface area contributed by atoms with Crippen molar-refractivity contribution in [3.8, 4) is 5.75 Å². The molecule has 0 spiro atoms. The summed E-state index contributed by atoms with van der Waals surface area (Å²) < 4.78 is 43.4. The van der Waals surface area contributed by atoms with Gasteiger partial charge in [0.05, 0.1) is 11.0 Å². The molecule has 1 aliphatic heterocycles. The van der Waals surface area contributed by atoms with Gasteiger partial charge in [-0.25, -0.2) is 0 Å². The molecule has 8 heteroatoms. The van der Waals surface area contributed by atoms with E-state index in [0.29, 0.717) is 4.47 Å². The SMILES string of the molecule is O=C([O-])C1=Cc2cc(Br)cc(Cl)c2OC1C(F)(F)F. The number of hydrogen-bond donors (Lipinski definition) is 0. The van der Waals surface area contributed by atoms with E-state index in [0.717, 1.165) is 6.08 Å². The Kier molecular flexibility index (Phi) is 3.53. The lowest BCUT2D eigenvalue weighted by atomic mass is 10.0. The average molecular weight is 357 g/mol. The van der Waals surface area contributed by atoms with E-state index in [-0.39, 0.29) is 16.3 Å². The fraction of sp³-hybridized carbons (Fsp3) is 0.182. The molecule has 0 radical (unpaired) electrons. The maximum Gasteiger partial charge on any atom is 0.429 e. The van der Waals surface area contributed by atoms with Crippen LogP contribution in [0, 0.1) is 0 Å². The number of rotatable bonds is 1. The van der Waals surface area contributed by atoms with Gasteiger partial charge in [-0.3, -0.25) is 0 Å². The zero-order valence-electron chi connectivity index (χ0n) is 8.92. The van der Waals surface area contributed by atoms with E-state index in [9.17, 15) is 23.1 Å². The van der Waals surface area contributed by atoms with Crippen LogP contribution < -0.4 is 9.84 Å². The van der Waals surface area contributed by atoms with Crippen molar-refractivity contribution in [1.29, 1.82) is 0 Å². The van der Waals surface area contributed by atoms with Gasteiger partial charge >= 0.3 is 6.18 Å². The van der Waals surface area contributed by atoms with Crippen molar-refractivity contribution >= 4 is 39.6 Å². The van der Waals surface area contributed by atoms with Gasteiger partial charge in [0, 0.05) is 15.6 Å². The van der Waals surface area contributed by atoms with Crippen molar-refractivity contribution in [2.75, 3.05) is 0 Å². The fourth-order valence-electron chi connectivity index (χ4n) is 1.65. The zero-order valence-corrected chi connectivity index (χ0v) is 11.3. The maximum atomic E-state index is 12.7. The molecule has 0 fully saturated rings. The summed E-state index contributed by atoms with van der Waals surface area (Å²) in [6, 6.07) is 2.75. The summed E-state index contributed by atoms with van der Waals surface area (Å²) >= 11 is 8.87. The van der Waals surface area contributed by atoms with E-state index in [1.54, 1.807) is 0 Å². The number of alkyl halides is 3. The minimum absolute atomic E-state index is 0.0488. The van der Waals surface area contributed by atoms with Crippen molar-refractivity contribution in [2.24, 2.45) is 0 Å². The lowest BCUT2D eigenvalue weighted by Crippen LogP contribution is -2.44. The number of benzene rings is 1. The van der Waals surface area contributed by atoms with Gasteiger partial charge in [-0.05, 0) is 18.2 Å². The molecule has 1 aliphatic rings. The Bertz CT molecular complexity index is 583. The highest BCUT2D eigenvalue weighted by Crippen LogP contribution is 2.42. The van der Waals surface area contributed by atoms with Crippen LogP contribution in [-0.4, -0.2) is 18.2 Å². The topological polar surface area (TPSA) is 49.4 Å². The molecule has 0 aliphatic carbocycles. The first-order chi connectivity index (χ1) is 8.70. The highest BCUT2D eigenvalue weighted by atomic mass is 79.9. The molecule has 0 saturated carbocycles. The molecule has 0 N–H and O–H groups in total. The number of carbonyl (C=O) groups is 1. The largest absolute Gasteiger partial charge is 0.545 e. The molecule has 3 nitrogen and oxygen atoms in total. The third-order valence-electron chi connectivity index (χ3n) is 2.40. The molecule has 1 aromatic rings. The molecule has 102 valence electrons. The molecule has 0 bridgehead atoms. The second kappa shape index (κ2) is 4.72. The summed E-state index contributed by atoms with van der Waals surface area (Å²) in [7, 11) is 0. The van der Waals surface area contributed by atoms with Gasteiger partial charge in [0.2, 0.25) is 6.10 Å². The highest BCUT2D eigenvalue weighted by molar-refractivity contribution is 9.10. The van der Waals surface area contributed by atoms with E-state index in [1.807, 2.05) is 0 Å². The average Bonchev–Trinajstić information content (AvgIpc) is 2.25. The standard InChI is InChI=1S/C11H5BrClF3O3/c12-5-1-4-2-6(10(17)18)9(11(14,15)16)19-8(4)7(13)3-5/h1-3,9H,(H,17,18)/p-1. The van der Waals surface area contributed by atoms with Crippen LogP contribution in [0.3, 0.4) is 0 Å². The molecule has 2 rings (SSSR count). The van der Waals surface area contributed by atoms with Crippen LogP contribution in [0.5, 0.6) is 5.75 Å². The Hall–Kier alpha value is -1.21. The summed E-state index contributed by atoms with van der Waals surface area (Å²) in [6.45, 7) is 0. The number of hydrogen-bond acceptors (Lipinski definition) is 3. The van der Waals surface area contributed by atoms with Crippen LogP contribution in [-0.2, 0) is 4.79 Å². The second-order valence-electron chi connectivity index (χ2n) is 3.73. The van der Waals surface area contributed by atoms with E-state index < -0.39 is 23.8 Å². The van der Waals surface area contributed by atoms with Crippen molar-refractivity contribution in [2.45, 2.75) is 12.3 Å². The highest BCUT2D eigenvalue weighted by Gasteiger charge is 2.46. The van der Waals surface area contributed by atoms with Gasteiger partial charge in [0.1, 0.15) is 5.75 Å². The first-order valence-electron chi connectivity index (χ1n) is 4.85. The van der Waals surface area contributed by atoms with E-state index in [4.69, 9.17) is 11.6 Å². The molecule has 1 unspecified atom stereocenters. The minimum atomic E-state index is -4.88. The van der Waals surface area contributed by atoms with Crippen LogP contribution >= 0.6 is 27.5 Å². The Morgan fingerprint density at radius 1 is 1.42 bits per heavy atom. The van der Waals surface area contributed by atoms with Crippen molar-refractivity contribution in [3.63, 3.8) is 0 Å². The maximum absolute atomic E-state index is 12.7. The summed E-state index contributed by atoms with van der Waals surface area (Å²) in [5.74, 6) is -2.15. The van der Waals surface area contributed by atoms with Gasteiger partial charge in [-0.15, -0.1) is 0 Å². The molecule has 1 aromatic carbocycles. The van der Waals surface area contributed by atoms with Crippen molar-refractivity contribution in [1.82, 2.24) is 0 Å². The third kappa shape index (κ3) is 2.71. The monoisotopic (exact) mass is 355 g/mol. The van der Waals surface area contributed by atoms with Crippen LogP contribution in [0.1, 0.15) is 5.56 Å². The smallest absolute Gasteiger partial charge is 0.429 e. The van der Waals surface area contributed by atoms with Crippen molar-refractivity contribution < 1.29 is 27.8 Å².